The third-order valence-electron chi connectivity index (χ3n) is 2.68. The first-order valence-electron chi connectivity index (χ1n) is 5.04. The maximum Gasteiger partial charge on any atom is 0.0605 e. The molecular formula is C11H16N2. The number of piperidine rings is 1. The van der Waals surface area contributed by atoms with Gasteiger partial charge in [-0.3, -0.25) is 4.98 Å². The molecule has 0 unspecified atom stereocenters. The standard InChI is InChI=1S/C11H16N2/c1-10-11(6-5-7-12-10)13-8-3-2-4-9-13/h5-7H,2-4,8-9H2,1H3. The zero-order valence-corrected chi connectivity index (χ0v) is 8.16. The summed E-state index contributed by atoms with van der Waals surface area (Å²) in [6, 6.07) is 4.20. The summed E-state index contributed by atoms with van der Waals surface area (Å²) in [7, 11) is 0. The number of hydrogen-bond acceptors (Lipinski definition) is 2. The van der Waals surface area contributed by atoms with Gasteiger partial charge in [-0.1, -0.05) is 0 Å². The van der Waals surface area contributed by atoms with Crippen molar-refractivity contribution < 1.29 is 0 Å². The van der Waals surface area contributed by atoms with Crippen molar-refractivity contribution in [2.45, 2.75) is 26.2 Å². The molecule has 1 aliphatic heterocycles. The maximum absolute atomic E-state index is 4.31. The molecule has 1 fully saturated rings. The molecule has 0 saturated carbocycles. The van der Waals surface area contributed by atoms with Crippen molar-refractivity contribution in [2.75, 3.05) is 18.0 Å². The first-order valence-corrected chi connectivity index (χ1v) is 5.04. The Hall–Kier alpha value is -1.05. The van der Waals surface area contributed by atoms with Crippen LogP contribution in [-0.4, -0.2) is 18.1 Å². The smallest absolute Gasteiger partial charge is 0.0605 e. The summed E-state index contributed by atoms with van der Waals surface area (Å²) >= 11 is 0. The van der Waals surface area contributed by atoms with Gasteiger partial charge in [-0.05, 0) is 38.3 Å². The lowest BCUT2D eigenvalue weighted by Crippen LogP contribution is -2.30. The lowest BCUT2D eigenvalue weighted by atomic mass is 10.1. The largest absolute Gasteiger partial charge is 0.370 e. The van der Waals surface area contributed by atoms with Crippen molar-refractivity contribution in [1.82, 2.24) is 4.98 Å². The van der Waals surface area contributed by atoms with Crippen LogP contribution in [0.1, 0.15) is 25.0 Å². The average molecular weight is 176 g/mol. The highest BCUT2D eigenvalue weighted by molar-refractivity contribution is 5.49. The van der Waals surface area contributed by atoms with Crippen molar-refractivity contribution in [3.8, 4) is 0 Å². The van der Waals surface area contributed by atoms with Gasteiger partial charge < -0.3 is 4.90 Å². The van der Waals surface area contributed by atoms with E-state index in [-0.39, 0.29) is 0 Å². The number of hydrogen-bond donors (Lipinski definition) is 0. The fourth-order valence-electron chi connectivity index (χ4n) is 1.94. The van der Waals surface area contributed by atoms with Crippen molar-refractivity contribution in [3.05, 3.63) is 24.0 Å². The second kappa shape index (κ2) is 3.77. The molecule has 13 heavy (non-hydrogen) atoms. The molecule has 1 aromatic rings. The maximum atomic E-state index is 4.31. The van der Waals surface area contributed by atoms with E-state index in [0.717, 1.165) is 5.69 Å². The van der Waals surface area contributed by atoms with E-state index in [2.05, 4.69) is 22.9 Å². The van der Waals surface area contributed by atoms with Gasteiger partial charge >= 0.3 is 0 Å². The number of pyridine rings is 1. The van der Waals surface area contributed by atoms with Crippen LogP contribution in [0.2, 0.25) is 0 Å². The van der Waals surface area contributed by atoms with E-state index < -0.39 is 0 Å². The second-order valence-corrected chi connectivity index (χ2v) is 3.66. The molecule has 0 N–H and O–H groups in total. The number of nitrogens with zero attached hydrogens (tertiary/aromatic N) is 2. The van der Waals surface area contributed by atoms with Crippen molar-refractivity contribution in [3.63, 3.8) is 0 Å². The number of aryl methyl sites for hydroxylation is 1. The van der Waals surface area contributed by atoms with Crippen LogP contribution in [0.3, 0.4) is 0 Å². The van der Waals surface area contributed by atoms with Crippen LogP contribution >= 0.6 is 0 Å². The van der Waals surface area contributed by atoms with E-state index in [1.54, 1.807) is 0 Å². The van der Waals surface area contributed by atoms with Gasteiger partial charge in [0, 0.05) is 19.3 Å². The fraction of sp³-hybridized carbons (Fsp3) is 0.545. The SMILES string of the molecule is Cc1ncccc1N1CCCCC1. The monoisotopic (exact) mass is 176 g/mol. The zero-order valence-electron chi connectivity index (χ0n) is 8.16. The van der Waals surface area contributed by atoms with Crippen LogP contribution in [0, 0.1) is 6.92 Å². The third kappa shape index (κ3) is 1.82. The molecule has 0 aliphatic carbocycles. The summed E-state index contributed by atoms with van der Waals surface area (Å²) < 4.78 is 0. The Balaban J connectivity index is 2.18. The minimum Gasteiger partial charge on any atom is -0.370 e. The third-order valence-corrected chi connectivity index (χ3v) is 2.68. The van der Waals surface area contributed by atoms with Gasteiger partial charge in [0.25, 0.3) is 0 Å². The molecule has 1 aromatic heterocycles. The first kappa shape index (κ1) is 8.54. The summed E-state index contributed by atoms with van der Waals surface area (Å²) in [6.45, 7) is 4.49. The van der Waals surface area contributed by atoms with Gasteiger partial charge in [-0.25, -0.2) is 0 Å². The van der Waals surface area contributed by atoms with E-state index in [0.29, 0.717) is 0 Å². The Morgan fingerprint density at radius 2 is 2.00 bits per heavy atom. The predicted molar refractivity (Wildman–Crippen MR) is 55.0 cm³/mol. The Kier molecular flexibility index (Phi) is 2.48. The predicted octanol–water partition coefficient (Wildman–Crippen LogP) is 2.38. The molecular weight excluding hydrogens is 160 g/mol. The summed E-state index contributed by atoms with van der Waals surface area (Å²) in [5.74, 6) is 0. The number of anilines is 1. The molecule has 0 aromatic carbocycles. The molecule has 0 bridgehead atoms. The van der Waals surface area contributed by atoms with Crippen LogP contribution in [-0.2, 0) is 0 Å². The lowest BCUT2D eigenvalue weighted by molar-refractivity contribution is 0.576. The Morgan fingerprint density at radius 1 is 1.23 bits per heavy atom. The summed E-state index contributed by atoms with van der Waals surface area (Å²) in [6.07, 6.45) is 5.90. The summed E-state index contributed by atoms with van der Waals surface area (Å²) in [4.78, 5) is 6.76. The molecule has 2 nitrogen and oxygen atoms in total. The van der Waals surface area contributed by atoms with Crippen molar-refractivity contribution >= 4 is 5.69 Å². The second-order valence-electron chi connectivity index (χ2n) is 3.66. The van der Waals surface area contributed by atoms with E-state index >= 15 is 0 Å². The fourth-order valence-corrected chi connectivity index (χ4v) is 1.94. The zero-order chi connectivity index (χ0) is 9.10. The minimum absolute atomic E-state index is 1.16. The van der Waals surface area contributed by atoms with Crippen LogP contribution in [0.5, 0.6) is 0 Å². The Labute approximate surface area is 79.6 Å². The summed E-state index contributed by atoms with van der Waals surface area (Å²) in [5.41, 5.74) is 2.48. The minimum atomic E-state index is 1.16. The van der Waals surface area contributed by atoms with Gasteiger partial charge in [0.1, 0.15) is 0 Å². The molecule has 70 valence electrons. The lowest BCUT2D eigenvalue weighted by Gasteiger charge is -2.29. The molecule has 1 aliphatic rings. The molecule has 0 radical (unpaired) electrons. The van der Waals surface area contributed by atoms with Gasteiger partial charge in [-0.2, -0.15) is 0 Å². The Morgan fingerprint density at radius 3 is 2.69 bits per heavy atom. The van der Waals surface area contributed by atoms with Gasteiger partial charge in [0.05, 0.1) is 11.4 Å². The average Bonchev–Trinajstić information content (AvgIpc) is 2.20. The topological polar surface area (TPSA) is 16.1 Å². The van der Waals surface area contributed by atoms with Crippen LogP contribution in [0.25, 0.3) is 0 Å². The van der Waals surface area contributed by atoms with Gasteiger partial charge in [0.15, 0.2) is 0 Å². The van der Waals surface area contributed by atoms with E-state index in [1.807, 2.05) is 12.3 Å². The van der Waals surface area contributed by atoms with Crippen molar-refractivity contribution in [1.29, 1.82) is 0 Å². The van der Waals surface area contributed by atoms with Gasteiger partial charge in [-0.15, -0.1) is 0 Å². The normalized spacial score (nSPS) is 17.5. The van der Waals surface area contributed by atoms with E-state index in [9.17, 15) is 0 Å². The van der Waals surface area contributed by atoms with E-state index in [4.69, 9.17) is 0 Å². The Bertz CT molecular complexity index is 277. The summed E-state index contributed by atoms with van der Waals surface area (Å²) in [5, 5.41) is 0. The van der Waals surface area contributed by atoms with Crippen LogP contribution in [0.4, 0.5) is 5.69 Å². The molecule has 1 saturated heterocycles. The first-order chi connectivity index (χ1) is 6.38. The van der Waals surface area contributed by atoms with Crippen LogP contribution < -0.4 is 4.90 Å². The molecule has 2 heteroatoms. The molecule has 2 heterocycles. The van der Waals surface area contributed by atoms with E-state index in [1.165, 1.54) is 38.0 Å². The highest BCUT2D eigenvalue weighted by Gasteiger charge is 2.12. The van der Waals surface area contributed by atoms with Crippen LogP contribution in [0.15, 0.2) is 18.3 Å². The molecule has 2 rings (SSSR count). The van der Waals surface area contributed by atoms with Gasteiger partial charge in [0.2, 0.25) is 0 Å². The number of rotatable bonds is 1. The number of aromatic nitrogens is 1. The van der Waals surface area contributed by atoms with Crippen molar-refractivity contribution in [2.24, 2.45) is 0 Å². The molecule has 0 amide bonds. The quantitative estimate of drug-likeness (QED) is 0.653. The molecule has 0 spiro atoms. The molecule has 0 atom stereocenters. The highest BCUT2D eigenvalue weighted by Crippen LogP contribution is 2.21. The highest BCUT2D eigenvalue weighted by atomic mass is 15.1.